The summed E-state index contributed by atoms with van der Waals surface area (Å²) in [6.07, 6.45) is 3.70. The molecule has 0 spiro atoms. The lowest BCUT2D eigenvalue weighted by Gasteiger charge is -2.30. The molecule has 1 N–H and O–H groups in total. The summed E-state index contributed by atoms with van der Waals surface area (Å²) >= 11 is 1.45. The molecule has 0 aromatic carbocycles. The first-order valence-corrected chi connectivity index (χ1v) is 9.00. The van der Waals surface area contributed by atoms with Crippen LogP contribution >= 0.6 is 11.3 Å². The lowest BCUT2D eigenvalue weighted by Crippen LogP contribution is -2.30. The number of hydrogen-bond acceptors (Lipinski definition) is 5. The normalized spacial score (nSPS) is 27.1. The van der Waals surface area contributed by atoms with Crippen LogP contribution in [-0.2, 0) is 9.84 Å². The highest BCUT2D eigenvalue weighted by molar-refractivity contribution is 7.91. The van der Waals surface area contributed by atoms with Gasteiger partial charge < -0.3 is 5.11 Å². The average Bonchev–Trinajstić information content (AvgIpc) is 2.74. The number of thiazole rings is 1. The van der Waals surface area contributed by atoms with E-state index in [1.54, 1.807) is 0 Å². The summed E-state index contributed by atoms with van der Waals surface area (Å²) in [4.78, 5) is 4.29. The predicted molar refractivity (Wildman–Crippen MR) is 72.4 cm³/mol. The van der Waals surface area contributed by atoms with Crippen LogP contribution in [0.15, 0.2) is 5.38 Å². The number of rotatable bonds is 3. The molecule has 102 valence electrons. The van der Waals surface area contributed by atoms with Gasteiger partial charge in [0.1, 0.15) is 20.9 Å². The SMILES string of the molecule is Cc1csc(C(O)C2CCCC(S(C)(=O)=O)C2)n1. The number of aliphatic hydroxyl groups is 1. The molecular weight excluding hydrogens is 270 g/mol. The van der Waals surface area contributed by atoms with Crippen molar-refractivity contribution in [2.24, 2.45) is 5.92 Å². The molecule has 0 bridgehead atoms. The van der Waals surface area contributed by atoms with E-state index < -0.39 is 15.9 Å². The van der Waals surface area contributed by atoms with Crippen molar-refractivity contribution in [3.05, 3.63) is 16.1 Å². The molecule has 1 aromatic heterocycles. The van der Waals surface area contributed by atoms with E-state index in [2.05, 4.69) is 4.98 Å². The zero-order valence-electron chi connectivity index (χ0n) is 10.7. The van der Waals surface area contributed by atoms with E-state index in [1.165, 1.54) is 17.6 Å². The minimum Gasteiger partial charge on any atom is -0.386 e. The molecule has 1 aliphatic rings. The number of sulfone groups is 1. The molecule has 4 nitrogen and oxygen atoms in total. The zero-order valence-corrected chi connectivity index (χ0v) is 12.3. The van der Waals surface area contributed by atoms with Crippen LogP contribution in [0.4, 0.5) is 0 Å². The molecule has 0 radical (unpaired) electrons. The van der Waals surface area contributed by atoms with Crippen LogP contribution in [0.3, 0.4) is 0 Å². The summed E-state index contributed by atoms with van der Waals surface area (Å²) in [5, 5.41) is 12.6. The quantitative estimate of drug-likeness (QED) is 0.925. The Hall–Kier alpha value is -0.460. The van der Waals surface area contributed by atoms with E-state index in [-0.39, 0.29) is 11.2 Å². The van der Waals surface area contributed by atoms with Crippen LogP contribution in [0, 0.1) is 12.8 Å². The molecule has 1 fully saturated rings. The largest absolute Gasteiger partial charge is 0.386 e. The van der Waals surface area contributed by atoms with E-state index in [0.717, 1.165) is 25.0 Å². The van der Waals surface area contributed by atoms with Gasteiger partial charge in [-0.3, -0.25) is 0 Å². The first kappa shape index (κ1) is 14.0. The fourth-order valence-electron chi connectivity index (χ4n) is 2.57. The Morgan fingerprint density at radius 1 is 1.50 bits per heavy atom. The summed E-state index contributed by atoms with van der Waals surface area (Å²) in [6.45, 7) is 1.90. The molecule has 1 aromatic rings. The van der Waals surface area contributed by atoms with Gasteiger partial charge in [0.15, 0.2) is 0 Å². The smallest absolute Gasteiger partial charge is 0.150 e. The molecule has 0 aliphatic heterocycles. The fraction of sp³-hybridized carbons (Fsp3) is 0.750. The molecule has 1 aliphatic carbocycles. The number of aliphatic hydroxyl groups excluding tert-OH is 1. The van der Waals surface area contributed by atoms with Gasteiger partial charge in [-0.15, -0.1) is 11.3 Å². The third kappa shape index (κ3) is 3.10. The summed E-state index contributed by atoms with van der Waals surface area (Å²) in [5.74, 6) is 0.0176. The molecule has 18 heavy (non-hydrogen) atoms. The van der Waals surface area contributed by atoms with Crippen molar-refractivity contribution in [3.8, 4) is 0 Å². The Balaban J connectivity index is 2.09. The molecule has 1 saturated carbocycles. The maximum atomic E-state index is 11.6. The van der Waals surface area contributed by atoms with Crippen molar-refractivity contribution in [1.82, 2.24) is 4.98 Å². The zero-order chi connectivity index (χ0) is 13.3. The molecule has 0 amide bonds. The first-order valence-electron chi connectivity index (χ1n) is 6.17. The first-order chi connectivity index (χ1) is 8.38. The van der Waals surface area contributed by atoms with Gasteiger partial charge in [-0.25, -0.2) is 13.4 Å². The average molecular weight is 289 g/mol. The number of aromatic nitrogens is 1. The van der Waals surface area contributed by atoms with Crippen molar-refractivity contribution in [1.29, 1.82) is 0 Å². The highest BCUT2D eigenvalue weighted by Crippen LogP contribution is 2.37. The van der Waals surface area contributed by atoms with Crippen LogP contribution < -0.4 is 0 Å². The number of nitrogens with zero attached hydrogens (tertiary/aromatic N) is 1. The number of hydrogen-bond donors (Lipinski definition) is 1. The van der Waals surface area contributed by atoms with Crippen molar-refractivity contribution >= 4 is 21.2 Å². The second-order valence-corrected chi connectivity index (χ2v) is 8.37. The molecule has 0 saturated heterocycles. The molecule has 3 unspecified atom stereocenters. The van der Waals surface area contributed by atoms with Crippen LogP contribution in [0.25, 0.3) is 0 Å². The molecular formula is C12H19NO3S2. The Morgan fingerprint density at radius 3 is 2.78 bits per heavy atom. The van der Waals surface area contributed by atoms with Crippen LogP contribution in [-0.4, -0.2) is 30.0 Å². The van der Waals surface area contributed by atoms with E-state index in [4.69, 9.17) is 0 Å². The summed E-state index contributed by atoms with van der Waals surface area (Å²) in [5.41, 5.74) is 0.907. The van der Waals surface area contributed by atoms with Crippen LogP contribution in [0.5, 0.6) is 0 Å². The van der Waals surface area contributed by atoms with E-state index in [9.17, 15) is 13.5 Å². The van der Waals surface area contributed by atoms with Crippen LogP contribution in [0.1, 0.15) is 42.5 Å². The lowest BCUT2D eigenvalue weighted by atomic mass is 9.85. The molecule has 3 atom stereocenters. The van der Waals surface area contributed by atoms with Crippen molar-refractivity contribution < 1.29 is 13.5 Å². The van der Waals surface area contributed by atoms with Gasteiger partial charge in [0.05, 0.1) is 5.25 Å². The third-order valence-electron chi connectivity index (χ3n) is 3.61. The second-order valence-electron chi connectivity index (χ2n) is 5.15. The van der Waals surface area contributed by atoms with Crippen molar-refractivity contribution in [3.63, 3.8) is 0 Å². The molecule has 6 heteroatoms. The minimum atomic E-state index is -3.00. The Labute approximate surface area is 112 Å². The Kier molecular flexibility index (Phi) is 4.08. The van der Waals surface area contributed by atoms with E-state index in [1.807, 2.05) is 12.3 Å². The van der Waals surface area contributed by atoms with E-state index >= 15 is 0 Å². The minimum absolute atomic E-state index is 0.0176. The van der Waals surface area contributed by atoms with Crippen molar-refractivity contribution in [2.45, 2.75) is 44.0 Å². The molecule has 1 heterocycles. The van der Waals surface area contributed by atoms with Gasteiger partial charge in [-0.1, -0.05) is 6.42 Å². The maximum Gasteiger partial charge on any atom is 0.150 e. The Morgan fingerprint density at radius 2 is 2.22 bits per heavy atom. The van der Waals surface area contributed by atoms with Crippen LogP contribution in [0.2, 0.25) is 0 Å². The van der Waals surface area contributed by atoms with Gasteiger partial charge >= 0.3 is 0 Å². The maximum absolute atomic E-state index is 11.6. The fourth-order valence-corrected chi connectivity index (χ4v) is 4.63. The van der Waals surface area contributed by atoms with E-state index in [0.29, 0.717) is 11.4 Å². The molecule has 2 rings (SSSR count). The highest BCUT2D eigenvalue weighted by atomic mass is 32.2. The summed E-state index contributed by atoms with van der Waals surface area (Å²) in [7, 11) is -3.00. The van der Waals surface area contributed by atoms with Gasteiger partial charge in [0, 0.05) is 17.3 Å². The standard InChI is InChI=1S/C12H19NO3S2/c1-8-7-17-12(13-8)11(14)9-4-3-5-10(6-9)18(2,15)16/h7,9-11,14H,3-6H2,1-2H3. The van der Waals surface area contributed by atoms with Gasteiger partial charge in [0.25, 0.3) is 0 Å². The second kappa shape index (κ2) is 5.27. The topological polar surface area (TPSA) is 67.3 Å². The third-order valence-corrected chi connectivity index (χ3v) is 6.28. The van der Waals surface area contributed by atoms with Crippen molar-refractivity contribution in [2.75, 3.05) is 6.26 Å². The summed E-state index contributed by atoms with van der Waals surface area (Å²) < 4.78 is 23.2. The lowest BCUT2D eigenvalue weighted by molar-refractivity contribution is 0.0853. The predicted octanol–water partition coefficient (Wildman–Crippen LogP) is 2.09. The highest BCUT2D eigenvalue weighted by Gasteiger charge is 2.33. The monoisotopic (exact) mass is 289 g/mol. The van der Waals surface area contributed by atoms with Gasteiger partial charge in [-0.2, -0.15) is 0 Å². The summed E-state index contributed by atoms with van der Waals surface area (Å²) in [6, 6.07) is 0. The van der Waals surface area contributed by atoms with Gasteiger partial charge in [-0.05, 0) is 32.1 Å². The Bertz CT molecular complexity index is 509. The number of aryl methyl sites for hydroxylation is 1. The van der Waals surface area contributed by atoms with Gasteiger partial charge in [0.2, 0.25) is 0 Å².